The molecule has 9 heteroatoms. The fourth-order valence-corrected chi connectivity index (χ4v) is 3.72. The number of rotatable bonds is 7. The molecule has 1 fully saturated rings. The van der Waals surface area contributed by atoms with E-state index in [0.29, 0.717) is 37.6 Å². The topological polar surface area (TPSA) is 97.8 Å². The highest BCUT2D eigenvalue weighted by atomic mass is 32.1. The van der Waals surface area contributed by atoms with Crippen molar-refractivity contribution in [3.05, 3.63) is 47.0 Å². The van der Waals surface area contributed by atoms with Gasteiger partial charge >= 0.3 is 11.9 Å². The molecule has 0 atom stereocenters. The van der Waals surface area contributed by atoms with Crippen LogP contribution in [0.15, 0.2) is 35.7 Å². The van der Waals surface area contributed by atoms with Gasteiger partial charge in [0.2, 0.25) is 0 Å². The second-order valence-corrected chi connectivity index (χ2v) is 7.49. The molecule has 2 heterocycles. The van der Waals surface area contributed by atoms with Gasteiger partial charge in [-0.05, 0) is 18.4 Å². The molecule has 1 amide bonds. The molecule has 154 valence electrons. The summed E-state index contributed by atoms with van der Waals surface area (Å²) in [4.78, 5) is 41.8. The van der Waals surface area contributed by atoms with Crippen LogP contribution in [-0.4, -0.2) is 54.5 Å². The average Bonchev–Trinajstić information content (AvgIpc) is 3.25. The number of anilines is 1. The zero-order chi connectivity index (χ0) is 20.6. The fraction of sp³-hybridized carbons (Fsp3) is 0.400. The first kappa shape index (κ1) is 20.8. The Labute approximate surface area is 172 Å². The summed E-state index contributed by atoms with van der Waals surface area (Å²) in [5.74, 6) is -1.33. The van der Waals surface area contributed by atoms with Crippen molar-refractivity contribution in [1.82, 2.24) is 9.88 Å². The Bertz CT molecular complexity index is 847. The summed E-state index contributed by atoms with van der Waals surface area (Å²) in [6.45, 7) is 1.15. The number of piperidine rings is 1. The normalized spacial score (nSPS) is 14.3. The summed E-state index contributed by atoms with van der Waals surface area (Å²) in [5.41, 5.74) is 1.27. The largest absolute Gasteiger partial charge is 0.469 e. The Morgan fingerprint density at radius 3 is 2.62 bits per heavy atom. The minimum atomic E-state index is -0.633. The van der Waals surface area contributed by atoms with Gasteiger partial charge in [-0.15, -0.1) is 11.3 Å². The molecule has 0 aliphatic carbocycles. The number of amides is 1. The fourth-order valence-electron chi connectivity index (χ4n) is 3.05. The Morgan fingerprint density at radius 1 is 1.21 bits per heavy atom. The van der Waals surface area contributed by atoms with Gasteiger partial charge in [0.1, 0.15) is 0 Å². The number of methoxy groups -OCH3 is 1. The first-order valence-corrected chi connectivity index (χ1v) is 10.2. The molecule has 1 aromatic carbocycles. The molecule has 29 heavy (non-hydrogen) atoms. The monoisotopic (exact) mass is 417 g/mol. The second-order valence-electron chi connectivity index (χ2n) is 6.63. The summed E-state index contributed by atoms with van der Waals surface area (Å²) in [6.07, 6.45) is 1.10. The molecule has 0 saturated carbocycles. The number of esters is 2. The molecule has 1 aromatic heterocycles. The van der Waals surface area contributed by atoms with Gasteiger partial charge in [-0.3, -0.25) is 9.59 Å². The number of carbonyl (C=O) groups excluding carboxylic acids is 3. The molecule has 1 aliphatic heterocycles. The number of thiazole rings is 1. The van der Waals surface area contributed by atoms with Gasteiger partial charge in [0.05, 0.1) is 13.0 Å². The number of aromatic nitrogens is 1. The highest BCUT2D eigenvalue weighted by Gasteiger charge is 2.28. The van der Waals surface area contributed by atoms with Crippen LogP contribution < -0.4 is 5.32 Å². The van der Waals surface area contributed by atoms with Crippen LogP contribution in [0.2, 0.25) is 0 Å². The summed E-state index contributed by atoms with van der Waals surface area (Å²) in [7, 11) is 1.36. The van der Waals surface area contributed by atoms with Crippen LogP contribution in [0.5, 0.6) is 0 Å². The van der Waals surface area contributed by atoms with Gasteiger partial charge in [0.25, 0.3) is 5.91 Å². The lowest BCUT2D eigenvalue weighted by molar-refractivity contribution is -0.149. The van der Waals surface area contributed by atoms with Crippen LogP contribution in [0.1, 0.15) is 28.9 Å². The van der Waals surface area contributed by atoms with Crippen molar-refractivity contribution < 1.29 is 23.9 Å². The first-order chi connectivity index (χ1) is 14.1. The lowest BCUT2D eigenvalue weighted by atomic mass is 9.97. The Kier molecular flexibility index (Phi) is 7.18. The number of nitrogens with zero attached hydrogens (tertiary/aromatic N) is 2. The van der Waals surface area contributed by atoms with E-state index < -0.39 is 5.97 Å². The van der Waals surface area contributed by atoms with E-state index in [9.17, 15) is 14.4 Å². The van der Waals surface area contributed by atoms with Crippen molar-refractivity contribution >= 4 is 34.3 Å². The van der Waals surface area contributed by atoms with Crippen molar-refractivity contribution in [2.45, 2.75) is 19.4 Å². The molecule has 1 N–H and O–H groups in total. The van der Waals surface area contributed by atoms with Gasteiger partial charge < -0.3 is 19.7 Å². The smallest absolute Gasteiger partial charge is 0.358 e. The summed E-state index contributed by atoms with van der Waals surface area (Å²) >= 11 is 1.30. The molecule has 2 aromatic rings. The number of benzene rings is 1. The predicted molar refractivity (Wildman–Crippen MR) is 107 cm³/mol. The Balaban J connectivity index is 1.42. The van der Waals surface area contributed by atoms with E-state index >= 15 is 0 Å². The number of nitrogens with one attached hydrogen (secondary N) is 1. The maximum Gasteiger partial charge on any atom is 0.358 e. The quantitative estimate of drug-likeness (QED) is 0.691. The first-order valence-electron chi connectivity index (χ1n) is 9.33. The van der Waals surface area contributed by atoms with Gasteiger partial charge in [0, 0.05) is 25.0 Å². The molecule has 1 saturated heterocycles. The molecule has 0 spiro atoms. The van der Waals surface area contributed by atoms with Crippen LogP contribution >= 0.6 is 11.3 Å². The van der Waals surface area contributed by atoms with E-state index in [-0.39, 0.29) is 30.1 Å². The zero-order valence-electron chi connectivity index (χ0n) is 16.1. The van der Waals surface area contributed by atoms with Crippen molar-refractivity contribution in [1.29, 1.82) is 0 Å². The van der Waals surface area contributed by atoms with E-state index in [2.05, 4.69) is 10.3 Å². The SMILES string of the molecule is COC(=O)C1CCN(C(=O)COC(=O)c2csc(NCc3ccccc3)n2)CC1. The molecule has 1 aliphatic rings. The third-order valence-corrected chi connectivity index (χ3v) is 5.51. The summed E-state index contributed by atoms with van der Waals surface area (Å²) in [6, 6.07) is 9.85. The van der Waals surface area contributed by atoms with Crippen LogP contribution in [0.4, 0.5) is 5.13 Å². The minimum Gasteiger partial charge on any atom is -0.469 e. The van der Waals surface area contributed by atoms with E-state index in [1.165, 1.54) is 18.4 Å². The predicted octanol–water partition coefficient (Wildman–Crippen LogP) is 2.32. The van der Waals surface area contributed by atoms with Crippen LogP contribution in [0.25, 0.3) is 0 Å². The van der Waals surface area contributed by atoms with Crippen LogP contribution in [0, 0.1) is 5.92 Å². The molecular formula is C20H23N3O5S. The maximum atomic E-state index is 12.2. The van der Waals surface area contributed by atoms with E-state index in [4.69, 9.17) is 9.47 Å². The molecule has 0 unspecified atom stereocenters. The number of hydrogen-bond acceptors (Lipinski definition) is 8. The lowest BCUT2D eigenvalue weighted by Gasteiger charge is -2.30. The average molecular weight is 417 g/mol. The van der Waals surface area contributed by atoms with E-state index in [1.54, 1.807) is 10.3 Å². The van der Waals surface area contributed by atoms with Crippen LogP contribution in [-0.2, 0) is 25.6 Å². The van der Waals surface area contributed by atoms with Gasteiger partial charge in [-0.1, -0.05) is 30.3 Å². The van der Waals surface area contributed by atoms with Crippen LogP contribution in [0.3, 0.4) is 0 Å². The highest BCUT2D eigenvalue weighted by Crippen LogP contribution is 2.19. The minimum absolute atomic E-state index is 0.169. The van der Waals surface area contributed by atoms with Crippen molar-refractivity contribution in [2.24, 2.45) is 5.92 Å². The van der Waals surface area contributed by atoms with Gasteiger partial charge in [-0.25, -0.2) is 9.78 Å². The Hall–Kier alpha value is -2.94. The van der Waals surface area contributed by atoms with Crippen molar-refractivity contribution in [2.75, 3.05) is 32.1 Å². The number of ether oxygens (including phenoxy) is 2. The Morgan fingerprint density at radius 2 is 1.93 bits per heavy atom. The molecular weight excluding hydrogens is 394 g/mol. The maximum absolute atomic E-state index is 12.2. The number of hydrogen-bond donors (Lipinski definition) is 1. The molecule has 8 nitrogen and oxygen atoms in total. The second kappa shape index (κ2) is 10.0. The van der Waals surface area contributed by atoms with Gasteiger partial charge in [0.15, 0.2) is 17.4 Å². The van der Waals surface area contributed by atoms with E-state index in [1.807, 2.05) is 30.3 Å². The standard InChI is InChI=1S/C20H23N3O5S/c1-27-18(25)15-7-9-23(10-8-15)17(24)12-28-19(26)16-13-29-20(22-16)21-11-14-5-3-2-4-6-14/h2-6,13,15H,7-12H2,1H3,(H,21,22). The zero-order valence-corrected chi connectivity index (χ0v) is 16.9. The van der Waals surface area contributed by atoms with Gasteiger partial charge in [-0.2, -0.15) is 0 Å². The number of carbonyl (C=O) groups is 3. The highest BCUT2D eigenvalue weighted by molar-refractivity contribution is 7.13. The summed E-state index contributed by atoms with van der Waals surface area (Å²) in [5, 5.41) is 5.37. The molecule has 3 rings (SSSR count). The molecule has 0 radical (unpaired) electrons. The third kappa shape index (κ3) is 5.77. The molecule has 0 bridgehead atoms. The van der Waals surface area contributed by atoms with Crippen molar-refractivity contribution in [3.8, 4) is 0 Å². The third-order valence-electron chi connectivity index (χ3n) is 4.71. The number of likely N-dealkylation sites (tertiary alicyclic amines) is 1. The van der Waals surface area contributed by atoms with Crippen molar-refractivity contribution in [3.63, 3.8) is 0 Å². The summed E-state index contributed by atoms with van der Waals surface area (Å²) < 4.78 is 9.84. The van der Waals surface area contributed by atoms with E-state index in [0.717, 1.165) is 5.56 Å². The lowest BCUT2D eigenvalue weighted by Crippen LogP contribution is -2.42.